The Morgan fingerprint density at radius 1 is 1.05 bits per heavy atom. The number of carbonyl (C=O) groups excluding carboxylic acids is 1. The highest BCUT2D eigenvalue weighted by Crippen LogP contribution is 2.23. The highest BCUT2D eigenvalue weighted by Gasteiger charge is 2.15. The Kier molecular flexibility index (Phi) is 4.52. The first-order chi connectivity index (χ1) is 9.92. The Labute approximate surface area is 127 Å². The van der Waals surface area contributed by atoms with Gasteiger partial charge in [-0.05, 0) is 30.3 Å². The van der Waals surface area contributed by atoms with Crippen LogP contribution in [0, 0.1) is 17.5 Å². The fourth-order valence-electron chi connectivity index (χ4n) is 1.73. The lowest BCUT2D eigenvalue weighted by atomic mass is 10.1. The standard InChI is InChI=1S/C14H10BrF3N2O/c1-19-13-10(17)4-7(5-11(13)18)14(21)20-12-6-8(15)2-3-9(12)16/h2-6,19H,1H3,(H,20,21). The molecule has 0 aliphatic heterocycles. The van der Waals surface area contributed by atoms with Crippen molar-refractivity contribution in [1.82, 2.24) is 0 Å². The second-order valence-corrected chi connectivity index (χ2v) is 5.06. The van der Waals surface area contributed by atoms with E-state index in [1.807, 2.05) is 0 Å². The summed E-state index contributed by atoms with van der Waals surface area (Å²) in [6.45, 7) is 0. The van der Waals surface area contributed by atoms with Crippen LogP contribution in [0.15, 0.2) is 34.8 Å². The van der Waals surface area contributed by atoms with E-state index in [9.17, 15) is 18.0 Å². The number of anilines is 2. The van der Waals surface area contributed by atoms with Crippen molar-refractivity contribution in [3.63, 3.8) is 0 Å². The molecule has 110 valence electrons. The number of hydrogen-bond donors (Lipinski definition) is 2. The molecule has 2 aromatic carbocycles. The lowest BCUT2D eigenvalue weighted by molar-refractivity contribution is 0.102. The minimum absolute atomic E-state index is 0.0899. The summed E-state index contributed by atoms with van der Waals surface area (Å²) >= 11 is 3.14. The number of nitrogens with one attached hydrogen (secondary N) is 2. The van der Waals surface area contributed by atoms with Crippen molar-refractivity contribution in [1.29, 1.82) is 0 Å². The molecule has 0 unspecified atom stereocenters. The van der Waals surface area contributed by atoms with Gasteiger partial charge in [0.2, 0.25) is 0 Å². The van der Waals surface area contributed by atoms with Crippen molar-refractivity contribution in [2.45, 2.75) is 0 Å². The molecule has 2 aromatic rings. The van der Waals surface area contributed by atoms with Crippen LogP contribution in [-0.2, 0) is 0 Å². The molecule has 1 amide bonds. The van der Waals surface area contributed by atoms with E-state index in [1.54, 1.807) is 0 Å². The van der Waals surface area contributed by atoms with E-state index in [-0.39, 0.29) is 16.9 Å². The molecule has 0 atom stereocenters. The van der Waals surface area contributed by atoms with Gasteiger partial charge in [0.25, 0.3) is 5.91 Å². The van der Waals surface area contributed by atoms with Crippen molar-refractivity contribution < 1.29 is 18.0 Å². The Morgan fingerprint density at radius 2 is 1.67 bits per heavy atom. The van der Waals surface area contributed by atoms with E-state index >= 15 is 0 Å². The average Bonchev–Trinajstić information content (AvgIpc) is 2.42. The second kappa shape index (κ2) is 6.17. The summed E-state index contributed by atoms with van der Waals surface area (Å²) in [6, 6.07) is 5.72. The minimum atomic E-state index is -0.905. The zero-order valence-electron chi connectivity index (χ0n) is 10.8. The number of rotatable bonds is 3. The van der Waals surface area contributed by atoms with Gasteiger partial charge in [-0.15, -0.1) is 0 Å². The molecule has 0 saturated heterocycles. The minimum Gasteiger partial charge on any atom is -0.383 e. The average molecular weight is 359 g/mol. The molecule has 2 rings (SSSR count). The van der Waals surface area contributed by atoms with Gasteiger partial charge in [-0.1, -0.05) is 15.9 Å². The largest absolute Gasteiger partial charge is 0.383 e. The Bertz CT molecular complexity index is 684. The van der Waals surface area contributed by atoms with Gasteiger partial charge in [0.15, 0.2) is 0 Å². The fraction of sp³-hybridized carbons (Fsp3) is 0.0714. The first-order valence-electron chi connectivity index (χ1n) is 5.85. The van der Waals surface area contributed by atoms with Crippen LogP contribution < -0.4 is 10.6 Å². The number of carbonyl (C=O) groups is 1. The van der Waals surface area contributed by atoms with Gasteiger partial charge < -0.3 is 10.6 Å². The predicted molar refractivity (Wildman–Crippen MR) is 78.0 cm³/mol. The number of amides is 1. The zero-order valence-corrected chi connectivity index (χ0v) is 12.4. The van der Waals surface area contributed by atoms with Crippen LogP contribution in [0.1, 0.15) is 10.4 Å². The van der Waals surface area contributed by atoms with E-state index in [4.69, 9.17) is 0 Å². The summed E-state index contributed by atoms with van der Waals surface area (Å²) in [5, 5.41) is 4.61. The Balaban J connectivity index is 2.31. The monoisotopic (exact) mass is 358 g/mol. The van der Waals surface area contributed by atoms with E-state index < -0.39 is 23.4 Å². The molecule has 0 spiro atoms. The topological polar surface area (TPSA) is 41.1 Å². The van der Waals surface area contributed by atoms with Crippen LogP contribution in [0.3, 0.4) is 0 Å². The van der Waals surface area contributed by atoms with Gasteiger partial charge in [-0.25, -0.2) is 13.2 Å². The van der Waals surface area contributed by atoms with Crippen molar-refractivity contribution in [2.24, 2.45) is 0 Å². The molecule has 0 bridgehead atoms. The molecule has 0 saturated carbocycles. The molecule has 0 aliphatic rings. The molecule has 2 N–H and O–H groups in total. The summed E-state index contributed by atoms with van der Waals surface area (Å²) in [7, 11) is 1.36. The first-order valence-corrected chi connectivity index (χ1v) is 6.65. The maximum absolute atomic E-state index is 13.6. The molecule has 0 aromatic heterocycles. The maximum Gasteiger partial charge on any atom is 0.255 e. The third kappa shape index (κ3) is 3.36. The van der Waals surface area contributed by atoms with Crippen molar-refractivity contribution in [2.75, 3.05) is 17.7 Å². The van der Waals surface area contributed by atoms with Crippen LogP contribution in [0.5, 0.6) is 0 Å². The van der Waals surface area contributed by atoms with Crippen LogP contribution >= 0.6 is 15.9 Å². The number of benzene rings is 2. The highest BCUT2D eigenvalue weighted by atomic mass is 79.9. The third-order valence-electron chi connectivity index (χ3n) is 2.73. The summed E-state index contributed by atoms with van der Waals surface area (Å²) in [6.07, 6.45) is 0. The van der Waals surface area contributed by atoms with E-state index in [1.165, 1.54) is 19.2 Å². The number of halogens is 4. The summed E-state index contributed by atoms with van der Waals surface area (Å²) < 4.78 is 41.3. The molecule has 0 radical (unpaired) electrons. The lowest BCUT2D eigenvalue weighted by Crippen LogP contribution is -2.14. The van der Waals surface area contributed by atoms with Crippen LogP contribution in [0.2, 0.25) is 0 Å². The van der Waals surface area contributed by atoms with Crippen molar-refractivity contribution in [3.8, 4) is 0 Å². The summed E-state index contributed by atoms with van der Waals surface area (Å²) in [5.41, 5.74) is -0.670. The van der Waals surface area contributed by atoms with E-state index in [0.717, 1.165) is 18.2 Å². The van der Waals surface area contributed by atoms with Crippen LogP contribution in [0.4, 0.5) is 24.5 Å². The number of hydrogen-bond acceptors (Lipinski definition) is 2. The molecular formula is C14H10BrF3N2O. The van der Waals surface area contributed by atoms with Crippen LogP contribution in [-0.4, -0.2) is 13.0 Å². The quantitative estimate of drug-likeness (QED) is 0.864. The zero-order chi connectivity index (χ0) is 15.6. The molecule has 21 heavy (non-hydrogen) atoms. The Hall–Kier alpha value is -2.02. The van der Waals surface area contributed by atoms with Gasteiger partial charge in [0.1, 0.15) is 23.1 Å². The van der Waals surface area contributed by atoms with Gasteiger partial charge in [-0.2, -0.15) is 0 Å². The SMILES string of the molecule is CNc1c(F)cc(C(=O)Nc2cc(Br)ccc2F)cc1F. The molecule has 0 aliphatic carbocycles. The first kappa shape index (κ1) is 15.4. The van der Waals surface area contributed by atoms with E-state index in [2.05, 4.69) is 26.6 Å². The molecule has 0 fully saturated rings. The fourth-order valence-corrected chi connectivity index (χ4v) is 2.09. The smallest absolute Gasteiger partial charge is 0.255 e. The van der Waals surface area contributed by atoms with Crippen LogP contribution in [0.25, 0.3) is 0 Å². The van der Waals surface area contributed by atoms with Gasteiger partial charge in [0.05, 0.1) is 5.69 Å². The van der Waals surface area contributed by atoms with Crippen molar-refractivity contribution >= 4 is 33.2 Å². The van der Waals surface area contributed by atoms with Crippen molar-refractivity contribution in [3.05, 3.63) is 57.8 Å². The van der Waals surface area contributed by atoms with E-state index in [0.29, 0.717) is 4.47 Å². The molecular weight excluding hydrogens is 349 g/mol. The van der Waals surface area contributed by atoms with Gasteiger partial charge in [-0.3, -0.25) is 4.79 Å². The van der Waals surface area contributed by atoms with Gasteiger partial charge in [0, 0.05) is 17.1 Å². The maximum atomic E-state index is 13.6. The highest BCUT2D eigenvalue weighted by molar-refractivity contribution is 9.10. The summed E-state index contributed by atoms with van der Waals surface area (Å²) in [4.78, 5) is 11.9. The predicted octanol–water partition coefficient (Wildman–Crippen LogP) is 4.16. The third-order valence-corrected chi connectivity index (χ3v) is 3.22. The Morgan fingerprint density at radius 3 is 2.24 bits per heavy atom. The second-order valence-electron chi connectivity index (χ2n) is 4.14. The molecule has 7 heteroatoms. The summed E-state index contributed by atoms with van der Waals surface area (Å²) in [5.74, 6) is -3.28. The van der Waals surface area contributed by atoms with Gasteiger partial charge >= 0.3 is 0 Å². The molecule has 0 heterocycles. The molecule has 3 nitrogen and oxygen atoms in total. The normalized spacial score (nSPS) is 10.3. The lowest BCUT2D eigenvalue weighted by Gasteiger charge is -2.09.